The molecule has 0 radical (unpaired) electrons. The monoisotopic (exact) mass is 415 g/mol. The van der Waals surface area contributed by atoms with E-state index in [2.05, 4.69) is 15.7 Å². The number of benzene rings is 1. The van der Waals surface area contributed by atoms with Crippen molar-refractivity contribution in [3.63, 3.8) is 0 Å². The maximum Gasteiger partial charge on any atom is 0.369 e. The Bertz CT molecular complexity index is 1140. The van der Waals surface area contributed by atoms with Crippen LogP contribution in [0.15, 0.2) is 63.1 Å². The highest BCUT2D eigenvalue weighted by atomic mass is 35.5. The molecule has 1 aromatic carbocycles. The van der Waals surface area contributed by atoms with Crippen LogP contribution in [0.2, 0.25) is 5.02 Å². The SMILES string of the molecule is O=C(Cn1nnn(-c2cccs2)c1=O)NCc1ccc(-c2ccc(Cl)cc2)o1. The molecule has 0 unspecified atom stereocenters. The van der Waals surface area contributed by atoms with E-state index in [1.807, 2.05) is 23.6 Å². The fourth-order valence-electron chi connectivity index (χ4n) is 2.52. The van der Waals surface area contributed by atoms with Crippen LogP contribution < -0.4 is 11.0 Å². The molecule has 0 aliphatic heterocycles. The lowest BCUT2D eigenvalue weighted by Crippen LogP contribution is -2.33. The van der Waals surface area contributed by atoms with Crippen LogP contribution in [0.5, 0.6) is 0 Å². The van der Waals surface area contributed by atoms with Gasteiger partial charge < -0.3 is 9.73 Å². The molecule has 3 aromatic heterocycles. The van der Waals surface area contributed by atoms with Crippen molar-refractivity contribution < 1.29 is 9.21 Å². The topological polar surface area (TPSA) is 95.0 Å². The van der Waals surface area contributed by atoms with E-state index in [1.54, 1.807) is 30.3 Å². The highest BCUT2D eigenvalue weighted by Gasteiger charge is 2.13. The lowest BCUT2D eigenvalue weighted by Gasteiger charge is -2.02. The number of thiophene rings is 1. The summed E-state index contributed by atoms with van der Waals surface area (Å²) < 4.78 is 7.90. The van der Waals surface area contributed by atoms with Gasteiger partial charge in [0.25, 0.3) is 0 Å². The molecule has 0 aliphatic rings. The Hall–Kier alpha value is -3.17. The zero-order valence-electron chi connectivity index (χ0n) is 14.4. The molecular weight excluding hydrogens is 402 g/mol. The predicted octanol–water partition coefficient (Wildman–Crippen LogP) is 2.72. The summed E-state index contributed by atoms with van der Waals surface area (Å²) in [6, 6.07) is 14.4. The van der Waals surface area contributed by atoms with Crippen molar-refractivity contribution in [2.45, 2.75) is 13.1 Å². The minimum atomic E-state index is -0.472. The average Bonchev–Trinajstić information content (AvgIpc) is 3.43. The zero-order chi connectivity index (χ0) is 19.5. The quantitative estimate of drug-likeness (QED) is 0.522. The molecule has 4 aromatic rings. The van der Waals surface area contributed by atoms with Crippen molar-refractivity contribution in [3.8, 4) is 16.3 Å². The number of furan rings is 1. The molecule has 0 saturated carbocycles. The van der Waals surface area contributed by atoms with Crippen LogP contribution in [0.25, 0.3) is 16.3 Å². The van der Waals surface area contributed by atoms with Gasteiger partial charge in [0.1, 0.15) is 23.1 Å². The Morgan fingerprint density at radius 2 is 1.96 bits per heavy atom. The summed E-state index contributed by atoms with van der Waals surface area (Å²) in [5.41, 5.74) is 0.416. The first kappa shape index (κ1) is 18.2. The molecule has 0 bridgehead atoms. The van der Waals surface area contributed by atoms with Gasteiger partial charge in [0.15, 0.2) is 0 Å². The van der Waals surface area contributed by atoms with Crippen LogP contribution in [0.1, 0.15) is 5.76 Å². The van der Waals surface area contributed by atoms with E-state index in [9.17, 15) is 9.59 Å². The van der Waals surface area contributed by atoms with Gasteiger partial charge in [0.05, 0.1) is 6.54 Å². The van der Waals surface area contributed by atoms with Gasteiger partial charge in [-0.15, -0.1) is 11.3 Å². The number of carbonyl (C=O) groups is 1. The Morgan fingerprint density at radius 3 is 2.71 bits per heavy atom. The van der Waals surface area contributed by atoms with E-state index < -0.39 is 5.69 Å². The summed E-state index contributed by atoms with van der Waals surface area (Å²) >= 11 is 7.24. The van der Waals surface area contributed by atoms with Gasteiger partial charge in [-0.2, -0.15) is 9.36 Å². The van der Waals surface area contributed by atoms with Gasteiger partial charge in [-0.1, -0.05) is 11.6 Å². The molecule has 0 saturated heterocycles. The van der Waals surface area contributed by atoms with Gasteiger partial charge in [-0.3, -0.25) is 4.79 Å². The number of nitrogens with zero attached hydrogens (tertiary/aromatic N) is 4. The molecule has 10 heteroatoms. The number of tetrazole rings is 1. The minimum absolute atomic E-state index is 0.195. The highest BCUT2D eigenvalue weighted by molar-refractivity contribution is 7.12. The number of rotatable bonds is 6. The van der Waals surface area contributed by atoms with Gasteiger partial charge >= 0.3 is 5.69 Å². The Balaban J connectivity index is 1.37. The van der Waals surface area contributed by atoms with Crippen LogP contribution in [0, 0.1) is 0 Å². The van der Waals surface area contributed by atoms with Crippen molar-refractivity contribution in [2.75, 3.05) is 0 Å². The average molecular weight is 416 g/mol. The maximum absolute atomic E-state index is 12.3. The summed E-state index contributed by atoms with van der Waals surface area (Å²) in [7, 11) is 0. The van der Waals surface area contributed by atoms with E-state index in [-0.39, 0.29) is 19.0 Å². The molecular formula is C18H14ClN5O3S. The normalized spacial score (nSPS) is 10.9. The first-order valence-electron chi connectivity index (χ1n) is 8.28. The van der Waals surface area contributed by atoms with Crippen LogP contribution in [0.4, 0.5) is 0 Å². The lowest BCUT2D eigenvalue weighted by atomic mass is 10.2. The van der Waals surface area contributed by atoms with Crippen LogP contribution >= 0.6 is 22.9 Å². The molecule has 0 atom stereocenters. The summed E-state index contributed by atoms with van der Waals surface area (Å²) in [5.74, 6) is 0.897. The highest BCUT2D eigenvalue weighted by Crippen LogP contribution is 2.23. The Kier molecular flexibility index (Phi) is 5.09. The fraction of sp³-hybridized carbons (Fsp3) is 0.111. The van der Waals surface area contributed by atoms with Gasteiger partial charge in [-0.05, 0) is 64.3 Å². The molecule has 4 rings (SSSR count). The molecule has 0 aliphatic carbocycles. The first-order valence-corrected chi connectivity index (χ1v) is 9.54. The third-order valence-corrected chi connectivity index (χ3v) is 4.99. The molecule has 1 N–H and O–H groups in total. The van der Waals surface area contributed by atoms with E-state index in [0.717, 1.165) is 14.9 Å². The third-order valence-electron chi connectivity index (χ3n) is 3.90. The number of aromatic nitrogens is 4. The smallest absolute Gasteiger partial charge is 0.369 e. The fourth-order valence-corrected chi connectivity index (χ4v) is 3.32. The molecule has 3 heterocycles. The van der Waals surface area contributed by atoms with Crippen molar-refractivity contribution in [1.82, 2.24) is 25.1 Å². The van der Waals surface area contributed by atoms with Gasteiger partial charge in [0, 0.05) is 10.6 Å². The number of hydrogen-bond donors (Lipinski definition) is 1. The number of halogens is 1. The van der Waals surface area contributed by atoms with E-state index >= 15 is 0 Å². The van der Waals surface area contributed by atoms with Gasteiger partial charge in [-0.25, -0.2) is 4.79 Å². The molecule has 142 valence electrons. The predicted molar refractivity (Wildman–Crippen MR) is 104 cm³/mol. The molecule has 8 nitrogen and oxygen atoms in total. The number of nitrogens with one attached hydrogen (secondary N) is 1. The summed E-state index contributed by atoms with van der Waals surface area (Å²) in [5, 5.41) is 13.4. The molecule has 0 fully saturated rings. The van der Waals surface area contributed by atoms with E-state index in [0.29, 0.717) is 21.5 Å². The van der Waals surface area contributed by atoms with Crippen LogP contribution in [0.3, 0.4) is 0 Å². The van der Waals surface area contributed by atoms with Crippen LogP contribution in [-0.2, 0) is 17.9 Å². The van der Waals surface area contributed by atoms with Crippen molar-refractivity contribution in [3.05, 3.63) is 75.2 Å². The van der Waals surface area contributed by atoms with E-state index in [1.165, 1.54) is 11.3 Å². The van der Waals surface area contributed by atoms with Gasteiger partial charge in [0.2, 0.25) is 5.91 Å². The number of amides is 1. The second-order valence-corrected chi connectivity index (χ2v) is 7.19. The van der Waals surface area contributed by atoms with Crippen LogP contribution in [-0.4, -0.2) is 25.7 Å². The number of hydrogen-bond acceptors (Lipinski definition) is 6. The third kappa shape index (κ3) is 3.90. The molecule has 1 amide bonds. The Labute approximate surface area is 168 Å². The molecule has 28 heavy (non-hydrogen) atoms. The standard InChI is InChI=1S/C18H14ClN5O3S/c19-13-5-3-12(4-6-13)15-8-7-14(27-15)10-20-16(25)11-23-18(26)24(22-21-23)17-2-1-9-28-17/h1-9H,10-11H2,(H,20,25). The van der Waals surface area contributed by atoms with E-state index in [4.69, 9.17) is 16.0 Å². The lowest BCUT2D eigenvalue weighted by molar-refractivity contribution is -0.122. The minimum Gasteiger partial charge on any atom is -0.459 e. The van der Waals surface area contributed by atoms with Crippen molar-refractivity contribution in [2.24, 2.45) is 0 Å². The van der Waals surface area contributed by atoms with Crippen molar-refractivity contribution in [1.29, 1.82) is 0 Å². The first-order chi connectivity index (χ1) is 13.6. The maximum atomic E-state index is 12.3. The zero-order valence-corrected chi connectivity index (χ0v) is 16.0. The Morgan fingerprint density at radius 1 is 1.14 bits per heavy atom. The van der Waals surface area contributed by atoms with Crippen molar-refractivity contribution >= 4 is 28.8 Å². The largest absolute Gasteiger partial charge is 0.459 e. The number of carbonyl (C=O) groups excluding carboxylic acids is 1. The summed E-state index contributed by atoms with van der Waals surface area (Å²) in [6.07, 6.45) is 0. The summed E-state index contributed by atoms with van der Waals surface area (Å²) in [4.78, 5) is 24.4. The summed E-state index contributed by atoms with van der Waals surface area (Å²) in [6.45, 7) is -0.0325. The second kappa shape index (κ2) is 7.83. The second-order valence-electron chi connectivity index (χ2n) is 5.83. The molecule has 0 spiro atoms.